The number of amides is 1. The van der Waals surface area contributed by atoms with Crippen molar-refractivity contribution in [1.29, 1.82) is 0 Å². The van der Waals surface area contributed by atoms with E-state index in [0.29, 0.717) is 36.7 Å². The maximum atomic E-state index is 13.3. The Hall–Kier alpha value is -2.08. The highest BCUT2D eigenvalue weighted by Crippen LogP contribution is 2.43. The van der Waals surface area contributed by atoms with E-state index >= 15 is 0 Å². The Morgan fingerprint density at radius 3 is 2.64 bits per heavy atom. The number of ether oxygens (including phenoxy) is 2. The number of benzene rings is 1. The molecular formula is C19H25NO5. The molecule has 0 bridgehead atoms. The Balaban J connectivity index is 1.97. The van der Waals surface area contributed by atoms with Crippen LogP contribution in [0.3, 0.4) is 0 Å². The topological polar surface area (TPSA) is 76.1 Å². The summed E-state index contributed by atoms with van der Waals surface area (Å²) in [5, 5.41) is 9.61. The number of nitrogens with zero attached hydrogens (tertiary/aromatic N) is 1. The van der Waals surface area contributed by atoms with Gasteiger partial charge in [0.05, 0.1) is 18.8 Å². The van der Waals surface area contributed by atoms with Crippen LogP contribution in [0.2, 0.25) is 0 Å². The van der Waals surface area contributed by atoms with Crippen molar-refractivity contribution in [3.8, 4) is 5.75 Å². The van der Waals surface area contributed by atoms with E-state index in [0.717, 1.165) is 12.8 Å². The molecule has 1 saturated carbocycles. The highest BCUT2D eigenvalue weighted by Gasteiger charge is 2.54. The van der Waals surface area contributed by atoms with Crippen LogP contribution in [-0.2, 0) is 9.53 Å². The van der Waals surface area contributed by atoms with Crippen molar-refractivity contribution in [3.05, 3.63) is 29.8 Å². The average Bonchev–Trinajstić information content (AvgIpc) is 2.97. The molecule has 6 nitrogen and oxygen atoms in total. The third kappa shape index (κ3) is 3.23. The Labute approximate surface area is 147 Å². The molecule has 0 radical (unpaired) electrons. The maximum Gasteiger partial charge on any atom is 0.328 e. The highest BCUT2D eigenvalue weighted by molar-refractivity contribution is 5.99. The SMILES string of the molecule is CCOc1ccccc1C(=O)N1[C@@H](C(=O)O)COC12CCC(C)CC2. The molecule has 1 amide bonds. The molecule has 0 unspecified atom stereocenters. The molecule has 1 heterocycles. The summed E-state index contributed by atoms with van der Waals surface area (Å²) in [4.78, 5) is 26.5. The van der Waals surface area contributed by atoms with Gasteiger partial charge in [-0.1, -0.05) is 19.1 Å². The smallest absolute Gasteiger partial charge is 0.328 e. The standard InChI is InChI=1S/C19H25NO5/c1-3-24-16-7-5-4-6-14(16)17(21)20-15(18(22)23)12-25-19(20)10-8-13(2)9-11-19/h4-7,13,15H,3,8-12H2,1-2H3,(H,22,23)/t13?,15-,19?/m1/s1. The van der Waals surface area contributed by atoms with Crippen LogP contribution in [0.5, 0.6) is 5.75 Å². The van der Waals surface area contributed by atoms with E-state index in [2.05, 4.69) is 6.92 Å². The van der Waals surface area contributed by atoms with E-state index in [9.17, 15) is 14.7 Å². The normalized spacial score (nSPS) is 29.0. The van der Waals surface area contributed by atoms with Crippen molar-refractivity contribution in [2.24, 2.45) is 5.92 Å². The minimum Gasteiger partial charge on any atom is -0.493 e. The quantitative estimate of drug-likeness (QED) is 0.906. The van der Waals surface area contributed by atoms with Gasteiger partial charge in [0.2, 0.25) is 0 Å². The van der Waals surface area contributed by atoms with Crippen LogP contribution in [0.4, 0.5) is 0 Å². The van der Waals surface area contributed by atoms with Gasteiger partial charge in [0.15, 0.2) is 6.04 Å². The lowest BCUT2D eigenvalue weighted by molar-refractivity contribution is -0.143. The average molecular weight is 347 g/mol. The molecule has 1 saturated heterocycles. The van der Waals surface area contributed by atoms with E-state index in [1.165, 1.54) is 4.90 Å². The Morgan fingerprint density at radius 1 is 1.32 bits per heavy atom. The molecule has 0 aromatic heterocycles. The number of hydrogen-bond donors (Lipinski definition) is 1. The molecule has 3 rings (SSSR count). The van der Waals surface area contributed by atoms with Crippen molar-refractivity contribution in [2.45, 2.75) is 51.3 Å². The van der Waals surface area contributed by atoms with Crippen LogP contribution >= 0.6 is 0 Å². The zero-order chi connectivity index (χ0) is 18.0. The van der Waals surface area contributed by atoms with Gasteiger partial charge in [0.1, 0.15) is 11.5 Å². The number of rotatable bonds is 4. The van der Waals surface area contributed by atoms with E-state index in [-0.39, 0.29) is 12.5 Å². The zero-order valence-electron chi connectivity index (χ0n) is 14.7. The first-order valence-corrected chi connectivity index (χ1v) is 8.91. The monoisotopic (exact) mass is 347 g/mol. The number of hydrogen-bond acceptors (Lipinski definition) is 4. The van der Waals surface area contributed by atoms with Gasteiger partial charge in [-0.3, -0.25) is 9.69 Å². The third-order valence-corrected chi connectivity index (χ3v) is 5.24. The Kier molecular flexibility index (Phi) is 4.99. The number of carboxylic acid groups (broad SMARTS) is 1. The minimum absolute atomic E-state index is 0.0340. The van der Waals surface area contributed by atoms with Crippen LogP contribution in [0, 0.1) is 5.92 Å². The lowest BCUT2D eigenvalue weighted by atomic mass is 9.83. The van der Waals surface area contributed by atoms with E-state index in [1.54, 1.807) is 24.3 Å². The van der Waals surface area contributed by atoms with Crippen molar-refractivity contribution in [2.75, 3.05) is 13.2 Å². The largest absolute Gasteiger partial charge is 0.493 e. The van der Waals surface area contributed by atoms with E-state index < -0.39 is 17.7 Å². The highest BCUT2D eigenvalue weighted by atomic mass is 16.5. The van der Waals surface area contributed by atoms with Gasteiger partial charge >= 0.3 is 5.97 Å². The van der Waals surface area contributed by atoms with Crippen molar-refractivity contribution < 1.29 is 24.2 Å². The predicted octanol–water partition coefficient (Wildman–Crippen LogP) is 2.92. The van der Waals surface area contributed by atoms with Gasteiger partial charge in [-0.15, -0.1) is 0 Å². The Bertz CT molecular complexity index is 651. The fourth-order valence-corrected chi connectivity index (χ4v) is 3.82. The molecule has 1 N–H and O–H groups in total. The van der Waals surface area contributed by atoms with Crippen molar-refractivity contribution >= 4 is 11.9 Å². The molecular weight excluding hydrogens is 322 g/mol. The fraction of sp³-hybridized carbons (Fsp3) is 0.579. The van der Waals surface area contributed by atoms with Gasteiger partial charge in [0, 0.05) is 0 Å². The third-order valence-electron chi connectivity index (χ3n) is 5.24. The molecule has 1 aromatic carbocycles. The molecule has 25 heavy (non-hydrogen) atoms. The summed E-state index contributed by atoms with van der Waals surface area (Å²) in [7, 11) is 0. The second-order valence-electron chi connectivity index (χ2n) is 6.90. The van der Waals surface area contributed by atoms with E-state index in [1.807, 2.05) is 6.92 Å². The van der Waals surface area contributed by atoms with Gasteiger partial charge in [0.25, 0.3) is 5.91 Å². The molecule has 1 aliphatic heterocycles. The van der Waals surface area contributed by atoms with Gasteiger partial charge in [-0.25, -0.2) is 4.79 Å². The van der Waals surface area contributed by atoms with Crippen LogP contribution < -0.4 is 4.74 Å². The minimum atomic E-state index is -1.03. The molecule has 136 valence electrons. The summed E-state index contributed by atoms with van der Waals surface area (Å²) in [5.74, 6) is -0.322. The van der Waals surface area contributed by atoms with E-state index in [4.69, 9.17) is 9.47 Å². The van der Waals surface area contributed by atoms with Crippen LogP contribution in [0.1, 0.15) is 49.9 Å². The summed E-state index contributed by atoms with van der Waals surface area (Å²) in [6.07, 6.45) is 3.17. The summed E-state index contributed by atoms with van der Waals surface area (Å²) in [5.41, 5.74) is -0.425. The number of carbonyl (C=O) groups excluding carboxylic acids is 1. The lowest BCUT2D eigenvalue weighted by Gasteiger charge is -2.42. The summed E-state index contributed by atoms with van der Waals surface area (Å²) < 4.78 is 11.5. The van der Waals surface area contributed by atoms with Crippen molar-refractivity contribution in [3.63, 3.8) is 0 Å². The predicted molar refractivity (Wildman–Crippen MR) is 91.5 cm³/mol. The maximum absolute atomic E-state index is 13.3. The van der Waals surface area contributed by atoms with Gasteiger partial charge < -0.3 is 14.6 Å². The summed E-state index contributed by atoms with van der Waals surface area (Å²) >= 11 is 0. The molecule has 6 heteroatoms. The Morgan fingerprint density at radius 2 is 2.00 bits per heavy atom. The zero-order valence-corrected chi connectivity index (χ0v) is 14.7. The van der Waals surface area contributed by atoms with Gasteiger partial charge in [-0.05, 0) is 50.7 Å². The molecule has 2 fully saturated rings. The van der Waals surface area contributed by atoms with Crippen LogP contribution in [0.15, 0.2) is 24.3 Å². The van der Waals surface area contributed by atoms with Gasteiger partial charge in [-0.2, -0.15) is 0 Å². The summed E-state index contributed by atoms with van der Waals surface area (Å²) in [6, 6.07) is 6.02. The number of para-hydroxylation sites is 1. The summed E-state index contributed by atoms with van der Waals surface area (Å²) in [6.45, 7) is 4.50. The first-order chi connectivity index (χ1) is 12.0. The van der Waals surface area contributed by atoms with Crippen molar-refractivity contribution in [1.82, 2.24) is 4.90 Å². The molecule has 1 atom stereocenters. The molecule has 1 aliphatic carbocycles. The molecule has 1 aromatic rings. The molecule has 1 spiro atoms. The van der Waals surface area contributed by atoms with Crippen LogP contribution in [0.25, 0.3) is 0 Å². The lowest BCUT2D eigenvalue weighted by Crippen LogP contribution is -2.55. The second-order valence-corrected chi connectivity index (χ2v) is 6.90. The first-order valence-electron chi connectivity index (χ1n) is 8.91. The fourth-order valence-electron chi connectivity index (χ4n) is 3.82. The van der Waals surface area contributed by atoms with Crippen LogP contribution in [-0.4, -0.2) is 46.9 Å². The number of carbonyl (C=O) groups is 2. The number of aliphatic carboxylic acids is 1. The second kappa shape index (κ2) is 7.04. The first kappa shape index (κ1) is 17.7. The number of carboxylic acids is 1. The molecule has 2 aliphatic rings.